The summed E-state index contributed by atoms with van der Waals surface area (Å²) in [7, 11) is 0. The number of nitrogens with one attached hydrogen (secondary N) is 2. The van der Waals surface area contributed by atoms with Gasteiger partial charge in [-0.3, -0.25) is 14.6 Å². The van der Waals surface area contributed by atoms with E-state index in [1.165, 1.54) is 23.8 Å². The number of aromatic amines is 1. The molecule has 2 aliphatic rings. The maximum Gasteiger partial charge on any atom is 0.291 e. The molecule has 200 valence electrons. The maximum absolute atomic E-state index is 13.1. The monoisotopic (exact) mass is 522 g/mol. The summed E-state index contributed by atoms with van der Waals surface area (Å²) < 4.78 is 0. The number of hydrogen-bond donors (Lipinski definition) is 2. The zero-order valence-corrected chi connectivity index (χ0v) is 22.3. The second kappa shape index (κ2) is 12.1. The third kappa shape index (κ3) is 6.43. The van der Waals surface area contributed by atoms with Crippen molar-refractivity contribution in [2.24, 2.45) is 5.92 Å². The van der Waals surface area contributed by atoms with E-state index in [9.17, 15) is 9.59 Å². The van der Waals surface area contributed by atoms with Gasteiger partial charge in [-0.2, -0.15) is 5.26 Å². The van der Waals surface area contributed by atoms with E-state index in [0.29, 0.717) is 18.3 Å². The predicted molar refractivity (Wildman–Crippen MR) is 150 cm³/mol. The van der Waals surface area contributed by atoms with Crippen LogP contribution in [-0.4, -0.2) is 44.8 Å². The number of likely N-dealkylation sites (tertiary alicyclic amines) is 1. The summed E-state index contributed by atoms with van der Waals surface area (Å²) in [6.45, 7) is 3.72. The molecular weight excluding hydrogens is 488 g/mol. The van der Waals surface area contributed by atoms with Gasteiger partial charge in [0, 0.05) is 36.7 Å². The number of pyridine rings is 1. The molecular formula is C31H34N6O2. The number of carbonyl (C=O) groups is 2. The Hall–Kier alpha value is -4.25. The molecule has 39 heavy (non-hydrogen) atoms. The van der Waals surface area contributed by atoms with Gasteiger partial charge in [0.05, 0.1) is 12.6 Å². The fourth-order valence-corrected chi connectivity index (χ4v) is 5.72. The van der Waals surface area contributed by atoms with Crippen LogP contribution in [0.2, 0.25) is 0 Å². The van der Waals surface area contributed by atoms with Crippen molar-refractivity contribution in [3.63, 3.8) is 0 Å². The second-order valence-electron chi connectivity index (χ2n) is 10.7. The molecule has 3 aromatic rings. The Balaban J connectivity index is 1.35. The van der Waals surface area contributed by atoms with Crippen LogP contribution in [0.15, 0.2) is 55.0 Å². The van der Waals surface area contributed by atoms with Crippen LogP contribution in [0, 0.1) is 17.2 Å². The van der Waals surface area contributed by atoms with Gasteiger partial charge in [0.1, 0.15) is 11.8 Å². The van der Waals surface area contributed by atoms with Gasteiger partial charge < -0.3 is 15.2 Å². The van der Waals surface area contributed by atoms with Gasteiger partial charge in [0.2, 0.25) is 5.91 Å². The highest BCUT2D eigenvalue weighted by Crippen LogP contribution is 2.37. The van der Waals surface area contributed by atoms with Crippen LogP contribution in [0.3, 0.4) is 0 Å². The van der Waals surface area contributed by atoms with Crippen molar-refractivity contribution in [3.05, 3.63) is 83.2 Å². The van der Waals surface area contributed by atoms with Crippen molar-refractivity contribution in [1.82, 2.24) is 19.9 Å². The van der Waals surface area contributed by atoms with E-state index in [-0.39, 0.29) is 23.3 Å². The van der Waals surface area contributed by atoms with Gasteiger partial charge in [-0.15, -0.1) is 0 Å². The summed E-state index contributed by atoms with van der Waals surface area (Å²) in [6.07, 6.45) is 13.7. The van der Waals surface area contributed by atoms with E-state index < -0.39 is 0 Å². The molecule has 5 rings (SSSR count). The number of nitrogens with zero attached hydrogens (tertiary/aromatic N) is 4. The molecule has 3 heterocycles. The quantitative estimate of drug-likeness (QED) is 0.445. The van der Waals surface area contributed by atoms with Gasteiger partial charge in [-0.25, -0.2) is 4.98 Å². The van der Waals surface area contributed by atoms with Crippen LogP contribution in [-0.2, 0) is 11.2 Å². The number of aromatic nitrogens is 3. The fourth-order valence-electron chi connectivity index (χ4n) is 5.72. The first-order valence-electron chi connectivity index (χ1n) is 13.8. The molecule has 2 aromatic heterocycles. The Morgan fingerprint density at radius 1 is 1.21 bits per heavy atom. The SMILES string of the molecule is C[C@@H]1CC(c2ccc(NC(=O)c3ncc(C#N)[nH]3)c(C3=CCCCC3)c2)CCN(C(=O)Cc2ccncc2)C1. The molecule has 2 atom stereocenters. The summed E-state index contributed by atoms with van der Waals surface area (Å²) in [5.74, 6) is 0.623. The lowest BCUT2D eigenvalue weighted by Crippen LogP contribution is -2.35. The van der Waals surface area contributed by atoms with Gasteiger partial charge in [0.25, 0.3) is 5.91 Å². The second-order valence-corrected chi connectivity index (χ2v) is 10.7. The molecule has 2 amide bonds. The van der Waals surface area contributed by atoms with E-state index in [1.807, 2.05) is 29.2 Å². The normalized spacial score (nSPS) is 19.5. The van der Waals surface area contributed by atoms with Gasteiger partial charge in [-0.05, 0) is 91.3 Å². The number of amides is 2. The molecule has 1 saturated heterocycles. The highest BCUT2D eigenvalue weighted by atomic mass is 16.2. The van der Waals surface area contributed by atoms with Crippen molar-refractivity contribution < 1.29 is 9.59 Å². The molecule has 0 spiro atoms. The molecule has 1 aliphatic carbocycles. The molecule has 1 unspecified atom stereocenters. The Morgan fingerprint density at radius 3 is 2.79 bits per heavy atom. The minimum atomic E-state index is -0.367. The average Bonchev–Trinajstić information content (AvgIpc) is 3.36. The summed E-state index contributed by atoms with van der Waals surface area (Å²) in [4.78, 5) is 38.9. The predicted octanol–water partition coefficient (Wildman–Crippen LogP) is 5.47. The van der Waals surface area contributed by atoms with E-state index in [0.717, 1.165) is 62.0 Å². The molecule has 0 bridgehead atoms. The van der Waals surface area contributed by atoms with Crippen LogP contribution < -0.4 is 5.32 Å². The number of rotatable bonds is 6. The lowest BCUT2D eigenvalue weighted by Gasteiger charge is -2.22. The largest absolute Gasteiger partial charge is 0.342 e. The number of carbonyl (C=O) groups excluding carboxylic acids is 2. The van der Waals surface area contributed by atoms with Crippen molar-refractivity contribution >= 4 is 23.1 Å². The van der Waals surface area contributed by atoms with E-state index in [4.69, 9.17) is 5.26 Å². The first kappa shape index (κ1) is 26.4. The fraction of sp³-hybridized carbons (Fsp3) is 0.387. The number of benzene rings is 1. The lowest BCUT2D eigenvalue weighted by atomic mass is 9.85. The molecule has 1 fully saturated rings. The van der Waals surface area contributed by atoms with Crippen LogP contribution >= 0.6 is 0 Å². The highest BCUT2D eigenvalue weighted by molar-refractivity contribution is 6.03. The van der Waals surface area contributed by atoms with Crippen molar-refractivity contribution in [2.45, 2.75) is 57.8 Å². The summed E-state index contributed by atoms with van der Waals surface area (Å²) in [5.41, 5.74) is 5.55. The summed E-state index contributed by atoms with van der Waals surface area (Å²) in [6, 6.07) is 12.1. The van der Waals surface area contributed by atoms with Crippen molar-refractivity contribution in [1.29, 1.82) is 5.26 Å². The number of anilines is 1. The minimum Gasteiger partial charge on any atom is -0.342 e. The van der Waals surface area contributed by atoms with E-state index in [2.05, 4.69) is 45.4 Å². The Labute approximate surface area is 229 Å². The van der Waals surface area contributed by atoms with Crippen LogP contribution in [0.1, 0.15) is 84.4 Å². The first-order valence-corrected chi connectivity index (χ1v) is 13.8. The van der Waals surface area contributed by atoms with Crippen molar-refractivity contribution in [3.8, 4) is 6.07 Å². The van der Waals surface area contributed by atoms with Crippen LogP contribution in [0.4, 0.5) is 5.69 Å². The van der Waals surface area contributed by atoms with Crippen LogP contribution in [0.5, 0.6) is 0 Å². The average molecular weight is 523 g/mol. The van der Waals surface area contributed by atoms with Gasteiger partial charge >= 0.3 is 0 Å². The summed E-state index contributed by atoms with van der Waals surface area (Å²) >= 11 is 0. The van der Waals surface area contributed by atoms with E-state index >= 15 is 0 Å². The van der Waals surface area contributed by atoms with Crippen molar-refractivity contribution in [2.75, 3.05) is 18.4 Å². The molecule has 8 heteroatoms. The Bertz CT molecular complexity index is 1400. The number of hydrogen-bond acceptors (Lipinski definition) is 5. The zero-order valence-electron chi connectivity index (χ0n) is 22.3. The molecule has 2 N–H and O–H groups in total. The Morgan fingerprint density at radius 2 is 2.05 bits per heavy atom. The zero-order chi connectivity index (χ0) is 27.2. The maximum atomic E-state index is 13.1. The number of allylic oxidation sites excluding steroid dienone is 2. The van der Waals surface area contributed by atoms with Gasteiger partial charge in [0.15, 0.2) is 5.82 Å². The number of H-pyrrole nitrogens is 1. The molecule has 8 nitrogen and oxygen atoms in total. The molecule has 0 radical (unpaired) electrons. The lowest BCUT2D eigenvalue weighted by molar-refractivity contribution is -0.130. The third-order valence-electron chi connectivity index (χ3n) is 7.74. The summed E-state index contributed by atoms with van der Waals surface area (Å²) in [5, 5.41) is 12.1. The molecule has 1 aliphatic heterocycles. The highest BCUT2D eigenvalue weighted by Gasteiger charge is 2.27. The topological polar surface area (TPSA) is 115 Å². The third-order valence-corrected chi connectivity index (χ3v) is 7.74. The van der Waals surface area contributed by atoms with Crippen LogP contribution in [0.25, 0.3) is 5.57 Å². The molecule has 1 aromatic carbocycles. The smallest absolute Gasteiger partial charge is 0.291 e. The standard InChI is InChI=1S/C31H34N6O2/c1-21-15-25(11-14-37(20-21)29(38)16-22-9-12-33-13-10-22)24-7-8-28(27(17-24)23-5-3-2-4-6-23)36-31(39)30-34-19-26(18-32)35-30/h5,7-10,12-13,17,19,21,25H,2-4,6,11,14-16,20H2,1H3,(H,34,35)(H,36,39)/t21-,25?/m1/s1. The minimum absolute atomic E-state index is 0.119. The Kier molecular flexibility index (Phi) is 8.16. The first-order chi connectivity index (χ1) is 19.0. The molecule has 0 saturated carbocycles. The number of imidazole rings is 1. The van der Waals surface area contributed by atoms with E-state index in [1.54, 1.807) is 12.4 Å². The van der Waals surface area contributed by atoms with Gasteiger partial charge in [-0.1, -0.05) is 19.1 Å². The number of nitriles is 1.